The molecular weight excluding hydrogens is 293 g/mol. The van der Waals surface area contributed by atoms with Crippen LogP contribution in [-0.4, -0.2) is 20.5 Å². The van der Waals surface area contributed by atoms with Crippen LogP contribution in [0.3, 0.4) is 0 Å². The molecule has 0 aliphatic rings. The maximum Gasteiger partial charge on any atom is 0.198 e. The van der Waals surface area contributed by atoms with E-state index in [1.54, 1.807) is 28.8 Å². The largest absolute Gasteiger partial charge is 0.288 e. The molecule has 0 N–H and O–H groups in total. The summed E-state index contributed by atoms with van der Waals surface area (Å²) in [5.74, 6) is -0.986. The minimum atomic E-state index is -0.563. The van der Waals surface area contributed by atoms with E-state index in [4.69, 9.17) is 11.6 Å². The molecule has 0 spiro atoms. The molecule has 0 unspecified atom stereocenters. The van der Waals surface area contributed by atoms with Crippen molar-refractivity contribution in [1.82, 2.24) is 14.8 Å². The number of ketones is 1. The SMILES string of the molecule is O=C(c1ccccc1F)c1ccc(Cl)cc1-n1cnnc1. The summed E-state index contributed by atoms with van der Waals surface area (Å²) >= 11 is 5.98. The van der Waals surface area contributed by atoms with E-state index in [9.17, 15) is 9.18 Å². The molecule has 104 valence electrons. The summed E-state index contributed by atoms with van der Waals surface area (Å²) in [5.41, 5.74) is 0.833. The van der Waals surface area contributed by atoms with E-state index in [0.717, 1.165) is 0 Å². The van der Waals surface area contributed by atoms with Crippen LogP contribution < -0.4 is 0 Å². The molecule has 3 rings (SSSR count). The van der Waals surface area contributed by atoms with Gasteiger partial charge in [-0.25, -0.2) is 4.39 Å². The second kappa shape index (κ2) is 5.46. The normalized spacial score (nSPS) is 10.6. The van der Waals surface area contributed by atoms with Crippen molar-refractivity contribution in [1.29, 1.82) is 0 Å². The van der Waals surface area contributed by atoms with Gasteiger partial charge in [-0.3, -0.25) is 9.36 Å². The fourth-order valence-electron chi connectivity index (χ4n) is 2.03. The average molecular weight is 302 g/mol. The summed E-state index contributed by atoms with van der Waals surface area (Å²) in [6, 6.07) is 10.6. The predicted molar refractivity (Wildman–Crippen MR) is 76.2 cm³/mol. The van der Waals surface area contributed by atoms with Gasteiger partial charge in [-0.1, -0.05) is 23.7 Å². The topological polar surface area (TPSA) is 47.8 Å². The third-order valence-electron chi connectivity index (χ3n) is 3.02. The minimum Gasteiger partial charge on any atom is -0.288 e. The molecule has 3 aromatic rings. The number of hydrogen-bond acceptors (Lipinski definition) is 3. The molecular formula is C15H9ClFN3O. The van der Waals surface area contributed by atoms with Crippen molar-refractivity contribution in [2.45, 2.75) is 0 Å². The number of benzene rings is 2. The van der Waals surface area contributed by atoms with Gasteiger partial charge in [0.25, 0.3) is 0 Å². The van der Waals surface area contributed by atoms with E-state index in [1.165, 1.54) is 30.9 Å². The Morgan fingerprint density at radius 3 is 2.48 bits per heavy atom. The molecule has 0 fully saturated rings. The van der Waals surface area contributed by atoms with E-state index < -0.39 is 11.6 Å². The van der Waals surface area contributed by atoms with Crippen molar-refractivity contribution in [3.63, 3.8) is 0 Å². The summed E-state index contributed by atoms with van der Waals surface area (Å²) < 4.78 is 15.4. The highest BCUT2D eigenvalue weighted by Gasteiger charge is 2.18. The summed E-state index contributed by atoms with van der Waals surface area (Å²) in [7, 11) is 0. The van der Waals surface area contributed by atoms with Crippen LogP contribution in [-0.2, 0) is 0 Å². The molecule has 0 aliphatic carbocycles. The zero-order chi connectivity index (χ0) is 14.8. The summed E-state index contributed by atoms with van der Waals surface area (Å²) in [6.45, 7) is 0. The second-order valence-corrected chi connectivity index (χ2v) is 4.78. The molecule has 0 aliphatic heterocycles. The van der Waals surface area contributed by atoms with E-state index in [2.05, 4.69) is 10.2 Å². The molecule has 0 radical (unpaired) electrons. The molecule has 21 heavy (non-hydrogen) atoms. The first-order valence-corrected chi connectivity index (χ1v) is 6.48. The first kappa shape index (κ1) is 13.5. The van der Waals surface area contributed by atoms with Crippen LogP contribution in [0.2, 0.25) is 5.02 Å². The third-order valence-corrected chi connectivity index (χ3v) is 3.25. The van der Waals surface area contributed by atoms with Crippen molar-refractivity contribution >= 4 is 17.4 Å². The van der Waals surface area contributed by atoms with Crippen LogP contribution in [0.4, 0.5) is 4.39 Å². The van der Waals surface area contributed by atoms with Crippen LogP contribution in [0, 0.1) is 5.82 Å². The van der Waals surface area contributed by atoms with Crippen LogP contribution in [0.25, 0.3) is 5.69 Å². The Bertz CT molecular complexity index is 802. The van der Waals surface area contributed by atoms with E-state index in [1.807, 2.05) is 0 Å². The van der Waals surface area contributed by atoms with E-state index in [0.29, 0.717) is 16.3 Å². The van der Waals surface area contributed by atoms with Crippen LogP contribution in [0.1, 0.15) is 15.9 Å². The molecule has 0 saturated heterocycles. The summed E-state index contributed by atoms with van der Waals surface area (Å²) in [4.78, 5) is 12.6. The lowest BCUT2D eigenvalue weighted by atomic mass is 10.0. The molecule has 2 aromatic carbocycles. The Kier molecular flexibility index (Phi) is 3.50. The fraction of sp³-hybridized carbons (Fsp3) is 0. The van der Waals surface area contributed by atoms with Gasteiger partial charge in [0.15, 0.2) is 5.78 Å². The number of nitrogens with zero attached hydrogens (tertiary/aromatic N) is 3. The van der Waals surface area contributed by atoms with Gasteiger partial charge in [0, 0.05) is 10.6 Å². The number of rotatable bonds is 3. The average Bonchev–Trinajstić information content (AvgIpc) is 3.01. The Morgan fingerprint density at radius 1 is 1.05 bits per heavy atom. The number of aromatic nitrogens is 3. The van der Waals surface area contributed by atoms with Crippen molar-refractivity contribution < 1.29 is 9.18 Å². The minimum absolute atomic E-state index is 0.00847. The molecule has 4 nitrogen and oxygen atoms in total. The lowest BCUT2D eigenvalue weighted by Crippen LogP contribution is -2.08. The van der Waals surface area contributed by atoms with Crippen LogP contribution in [0.5, 0.6) is 0 Å². The summed E-state index contributed by atoms with van der Waals surface area (Å²) in [6.07, 6.45) is 2.90. The van der Waals surface area contributed by atoms with Crippen molar-refractivity contribution in [2.24, 2.45) is 0 Å². The van der Waals surface area contributed by atoms with Gasteiger partial charge in [-0.2, -0.15) is 0 Å². The van der Waals surface area contributed by atoms with Crippen LogP contribution in [0.15, 0.2) is 55.1 Å². The first-order chi connectivity index (χ1) is 10.2. The highest BCUT2D eigenvalue weighted by Crippen LogP contribution is 2.23. The van der Waals surface area contributed by atoms with Crippen molar-refractivity contribution in [3.05, 3.63) is 77.1 Å². The van der Waals surface area contributed by atoms with Gasteiger partial charge in [0.05, 0.1) is 11.3 Å². The van der Waals surface area contributed by atoms with Crippen LogP contribution >= 0.6 is 11.6 Å². The molecule has 0 bridgehead atoms. The second-order valence-electron chi connectivity index (χ2n) is 4.34. The number of carbonyl (C=O) groups excluding carboxylic acids is 1. The predicted octanol–water partition coefficient (Wildman–Crippen LogP) is 3.29. The lowest BCUT2D eigenvalue weighted by molar-refractivity contribution is 0.103. The lowest BCUT2D eigenvalue weighted by Gasteiger charge is -2.10. The highest BCUT2D eigenvalue weighted by molar-refractivity contribution is 6.31. The standard InChI is InChI=1S/C15H9ClFN3O/c16-10-5-6-12(14(7-10)20-8-18-19-9-20)15(21)11-3-1-2-4-13(11)17/h1-9H. The van der Waals surface area contributed by atoms with Gasteiger partial charge in [-0.05, 0) is 30.3 Å². The van der Waals surface area contributed by atoms with Gasteiger partial charge in [0.1, 0.15) is 18.5 Å². The van der Waals surface area contributed by atoms with E-state index in [-0.39, 0.29) is 5.56 Å². The Morgan fingerprint density at radius 2 is 1.76 bits per heavy atom. The molecule has 0 saturated carbocycles. The Labute approximate surface area is 124 Å². The quantitative estimate of drug-likeness (QED) is 0.697. The number of carbonyl (C=O) groups is 1. The van der Waals surface area contributed by atoms with Gasteiger partial charge in [0.2, 0.25) is 0 Å². The molecule has 6 heteroatoms. The molecule has 0 atom stereocenters. The number of hydrogen-bond donors (Lipinski definition) is 0. The fourth-order valence-corrected chi connectivity index (χ4v) is 2.19. The monoisotopic (exact) mass is 301 g/mol. The maximum atomic E-state index is 13.8. The Balaban J connectivity index is 2.15. The Hall–Kier alpha value is -2.53. The van der Waals surface area contributed by atoms with Gasteiger partial charge < -0.3 is 0 Å². The van der Waals surface area contributed by atoms with Gasteiger partial charge in [-0.15, -0.1) is 10.2 Å². The zero-order valence-corrected chi connectivity index (χ0v) is 11.5. The smallest absolute Gasteiger partial charge is 0.198 e. The van der Waals surface area contributed by atoms with Gasteiger partial charge >= 0.3 is 0 Å². The number of halogens is 2. The maximum absolute atomic E-state index is 13.8. The zero-order valence-electron chi connectivity index (χ0n) is 10.7. The molecule has 0 amide bonds. The van der Waals surface area contributed by atoms with Crippen molar-refractivity contribution in [3.8, 4) is 5.69 Å². The first-order valence-electron chi connectivity index (χ1n) is 6.10. The summed E-state index contributed by atoms with van der Waals surface area (Å²) in [5, 5.41) is 7.87. The molecule has 1 heterocycles. The van der Waals surface area contributed by atoms with Crippen molar-refractivity contribution in [2.75, 3.05) is 0 Å². The molecule has 1 aromatic heterocycles. The highest BCUT2D eigenvalue weighted by atomic mass is 35.5. The van der Waals surface area contributed by atoms with E-state index >= 15 is 0 Å². The third kappa shape index (κ3) is 2.55.